The van der Waals surface area contributed by atoms with Crippen LogP contribution in [0.1, 0.15) is 24.5 Å². The van der Waals surface area contributed by atoms with Gasteiger partial charge in [0.1, 0.15) is 16.7 Å². The molecular weight excluding hydrogens is 486 g/mol. The van der Waals surface area contributed by atoms with Crippen molar-refractivity contribution in [3.63, 3.8) is 0 Å². The Kier molecular flexibility index (Phi) is 8.07. The first-order chi connectivity index (χ1) is 14.5. The Bertz CT molecular complexity index is 975. The van der Waals surface area contributed by atoms with E-state index < -0.39 is 0 Å². The monoisotopic (exact) mass is 505 g/mol. The standard InChI is InChI=1S/C22H20BrNO4S2/c1-2-27-20(25)10-11-24-21(26)19(30-22(24)29)13-15-6-8-18(9-7-15)28-14-16-4-3-5-17(23)12-16/h3-9,12-13H,2,10-11,14H2,1H3/b19-13+. The summed E-state index contributed by atoms with van der Waals surface area (Å²) in [4.78, 5) is 26.1. The summed E-state index contributed by atoms with van der Waals surface area (Å²) >= 11 is 9.98. The molecule has 156 valence electrons. The highest BCUT2D eigenvalue weighted by molar-refractivity contribution is 9.10. The zero-order chi connectivity index (χ0) is 21.5. The molecule has 3 rings (SSSR count). The third-order valence-electron chi connectivity index (χ3n) is 4.19. The van der Waals surface area contributed by atoms with Crippen LogP contribution >= 0.6 is 39.9 Å². The average Bonchev–Trinajstić information content (AvgIpc) is 2.99. The molecule has 1 saturated heterocycles. The summed E-state index contributed by atoms with van der Waals surface area (Å²) in [6, 6.07) is 15.5. The summed E-state index contributed by atoms with van der Waals surface area (Å²) in [7, 11) is 0. The maximum Gasteiger partial charge on any atom is 0.307 e. The first-order valence-corrected chi connectivity index (χ1v) is 11.4. The molecule has 0 aliphatic carbocycles. The summed E-state index contributed by atoms with van der Waals surface area (Å²) in [5.41, 5.74) is 1.94. The number of amides is 1. The van der Waals surface area contributed by atoms with Crippen molar-refractivity contribution in [3.05, 3.63) is 69.0 Å². The third kappa shape index (κ3) is 6.17. The number of esters is 1. The number of ether oxygens (including phenoxy) is 2. The van der Waals surface area contributed by atoms with Crippen LogP contribution < -0.4 is 4.74 Å². The van der Waals surface area contributed by atoms with Crippen LogP contribution in [0.15, 0.2) is 57.9 Å². The molecule has 0 unspecified atom stereocenters. The number of thioether (sulfide) groups is 1. The number of rotatable bonds is 8. The van der Waals surface area contributed by atoms with Crippen molar-refractivity contribution >= 4 is 62.2 Å². The van der Waals surface area contributed by atoms with Crippen LogP contribution in [0, 0.1) is 0 Å². The number of halogens is 1. The molecule has 8 heteroatoms. The van der Waals surface area contributed by atoms with Gasteiger partial charge in [-0.05, 0) is 48.4 Å². The number of carbonyl (C=O) groups excluding carboxylic acids is 2. The third-order valence-corrected chi connectivity index (χ3v) is 6.06. The van der Waals surface area contributed by atoms with Crippen molar-refractivity contribution in [2.75, 3.05) is 13.2 Å². The number of hydrogen-bond donors (Lipinski definition) is 0. The number of hydrogen-bond acceptors (Lipinski definition) is 6. The number of benzene rings is 2. The smallest absolute Gasteiger partial charge is 0.307 e. The van der Waals surface area contributed by atoms with Gasteiger partial charge in [-0.3, -0.25) is 14.5 Å². The topological polar surface area (TPSA) is 55.8 Å². The van der Waals surface area contributed by atoms with Crippen molar-refractivity contribution in [1.82, 2.24) is 4.90 Å². The molecule has 30 heavy (non-hydrogen) atoms. The van der Waals surface area contributed by atoms with Gasteiger partial charge in [0, 0.05) is 11.0 Å². The lowest BCUT2D eigenvalue weighted by Crippen LogP contribution is -2.30. The molecule has 0 bridgehead atoms. The maximum absolute atomic E-state index is 12.6. The van der Waals surface area contributed by atoms with Crippen LogP contribution in [0.2, 0.25) is 0 Å². The van der Waals surface area contributed by atoms with Crippen molar-refractivity contribution in [3.8, 4) is 5.75 Å². The van der Waals surface area contributed by atoms with Gasteiger partial charge in [0.05, 0.1) is 17.9 Å². The van der Waals surface area contributed by atoms with E-state index in [-0.39, 0.29) is 24.8 Å². The van der Waals surface area contributed by atoms with Crippen LogP contribution in [0.4, 0.5) is 0 Å². The molecular formula is C22H20BrNO4S2. The normalized spacial score (nSPS) is 15.0. The number of carbonyl (C=O) groups is 2. The second-order valence-corrected chi connectivity index (χ2v) is 8.97. The van der Waals surface area contributed by atoms with E-state index in [0.717, 1.165) is 21.3 Å². The van der Waals surface area contributed by atoms with E-state index >= 15 is 0 Å². The Labute approximate surface area is 193 Å². The molecule has 0 radical (unpaired) electrons. The largest absolute Gasteiger partial charge is 0.489 e. The number of nitrogens with zero attached hydrogens (tertiary/aromatic N) is 1. The molecule has 0 spiro atoms. The van der Waals surface area contributed by atoms with Gasteiger partial charge >= 0.3 is 5.97 Å². The minimum Gasteiger partial charge on any atom is -0.489 e. The van der Waals surface area contributed by atoms with E-state index in [1.807, 2.05) is 48.5 Å². The first kappa shape index (κ1) is 22.5. The quantitative estimate of drug-likeness (QED) is 0.279. The maximum atomic E-state index is 12.6. The predicted molar refractivity (Wildman–Crippen MR) is 126 cm³/mol. The molecule has 2 aromatic carbocycles. The molecule has 0 aromatic heterocycles. The molecule has 2 aromatic rings. The number of thiocarbonyl (C=S) groups is 1. The Morgan fingerprint density at radius 2 is 2.00 bits per heavy atom. The van der Waals surface area contributed by atoms with Crippen molar-refractivity contribution in [2.45, 2.75) is 20.0 Å². The minimum absolute atomic E-state index is 0.123. The summed E-state index contributed by atoms with van der Waals surface area (Å²) < 4.78 is 12.2. The molecule has 1 heterocycles. The fourth-order valence-corrected chi connectivity index (χ4v) is 4.49. The zero-order valence-corrected chi connectivity index (χ0v) is 19.5. The first-order valence-electron chi connectivity index (χ1n) is 9.34. The van der Waals surface area contributed by atoms with Crippen LogP contribution in [0.25, 0.3) is 6.08 Å². The summed E-state index contributed by atoms with van der Waals surface area (Å²) in [6.07, 6.45) is 1.92. The Morgan fingerprint density at radius 1 is 1.23 bits per heavy atom. The molecule has 0 atom stereocenters. The van der Waals surface area contributed by atoms with Gasteiger partial charge in [-0.15, -0.1) is 0 Å². The lowest BCUT2D eigenvalue weighted by Gasteiger charge is -2.13. The lowest BCUT2D eigenvalue weighted by molar-refractivity contribution is -0.143. The van der Waals surface area contributed by atoms with Gasteiger partial charge in [-0.1, -0.05) is 64.2 Å². The second kappa shape index (κ2) is 10.7. The van der Waals surface area contributed by atoms with Crippen molar-refractivity contribution in [2.24, 2.45) is 0 Å². The SMILES string of the molecule is CCOC(=O)CCN1C(=O)/C(=C\c2ccc(OCc3cccc(Br)c3)cc2)SC1=S. The molecule has 0 N–H and O–H groups in total. The van der Waals surface area contributed by atoms with Crippen LogP contribution in [0.5, 0.6) is 5.75 Å². The van der Waals surface area contributed by atoms with Gasteiger partial charge in [0.2, 0.25) is 0 Å². The van der Waals surface area contributed by atoms with E-state index in [1.54, 1.807) is 13.0 Å². The molecule has 1 fully saturated rings. The molecule has 1 amide bonds. The van der Waals surface area contributed by atoms with Gasteiger partial charge in [-0.25, -0.2) is 0 Å². The van der Waals surface area contributed by atoms with Gasteiger partial charge in [0.15, 0.2) is 0 Å². The Hall–Kier alpha value is -2.16. The second-order valence-electron chi connectivity index (χ2n) is 6.38. The summed E-state index contributed by atoms with van der Waals surface area (Å²) in [5, 5.41) is 0. The molecule has 1 aliphatic heterocycles. The van der Waals surface area contributed by atoms with E-state index in [1.165, 1.54) is 16.7 Å². The van der Waals surface area contributed by atoms with E-state index in [9.17, 15) is 9.59 Å². The van der Waals surface area contributed by atoms with Crippen LogP contribution in [-0.4, -0.2) is 34.2 Å². The summed E-state index contributed by atoms with van der Waals surface area (Å²) in [5.74, 6) is 0.215. The average molecular weight is 506 g/mol. The molecule has 1 aliphatic rings. The fourth-order valence-electron chi connectivity index (χ4n) is 2.73. The van der Waals surface area contributed by atoms with Gasteiger partial charge < -0.3 is 9.47 Å². The Balaban J connectivity index is 1.59. The highest BCUT2D eigenvalue weighted by Gasteiger charge is 2.32. The van der Waals surface area contributed by atoms with Gasteiger partial charge in [0.25, 0.3) is 5.91 Å². The highest BCUT2D eigenvalue weighted by Crippen LogP contribution is 2.33. The Morgan fingerprint density at radius 3 is 2.70 bits per heavy atom. The van der Waals surface area contributed by atoms with E-state index in [2.05, 4.69) is 15.9 Å². The lowest BCUT2D eigenvalue weighted by atomic mass is 10.2. The molecule has 0 saturated carbocycles. The highest BCUT2D eigenvalue weighted by atomic mass is 79.9. The fraction of sp³-hybridized carbons (Fsp3) is 0.227. The van der Waals surface area contributed by atoms with Crippen molar-refractivity contribution in [1.29, 1.82) is 0 Å². The van der Waals surface area contributed by atoms with Crippen LogP contribution in [0.3, 0.4) is 0 Å². The minimum atomic E-state index is -0.339. The van der Waals surface area contributed by atoms with Crippen LogP contribution in [-0.2, 0) is 20.9 Å². The molecule has 5 nitrogen and oxygen atoms in total. The van der Waals surface area contributed by atoms with Crippen molar-refractivity contribution < 1.29 is 19.1 Å². The van der Waals surface area contributed by atoms with Gasteiger partial charge in [-0.2, -0.15) is 0 Å². The van der Waals surface area contributed by atoms with E-state index in [0.29, 0.717) is 22.4 Å². The zero-order valence-electron chi connectivity index (χ0n) is 16.3. The summed E-state index contributed by atoms with van der Waals surface area (Å²) in [6.45, 7) is 2.76. The van der Waals surface area contributed by atoms with E-state index in [4.69, 9.17) is 21.7 Å². The predicted octanol–water partition coefficient (Wildman–Crippen LogP) is 5.18.